The molecule has 2 rings (SSSR count). The summed E-state index contributed by atoms with van der Waals surface area (Å²) in [6.07, 6.45) is 1.72. The Morgan fingerprint density at radius 3 is 2.50 bits per heavy atom. The molecule has 106 valence electrons. The summed E-state index contributed by atoms with van der Waals surface area (Å²) in [4.78, 5) is 6.33. The van der Waals surface area contributed by atoms with Crippen LogP contribution in [0.2, 0.25) is 10.2 Å². The highest BCUT2D eigenvalue weighted by atomic mass is 35.5. The second kappa shape index (κ2) is 7.60. The molecule has 0 unspecified atom stereocenters. The standard InChI is InChI=1S/C15H17Cl2N3/c16-14-8-15(17)19-9-13(14)11-20(7-6-18)10-12-4-2-1-3-5-12/h1-5,8-9H,6-7,10-11,18H2. The van der Waals surface area contributed by atoms with E-state index in [-0.39, 0.29) is 0 Å². The summed E-state index contributed by atoms with van der Waals surface area (Å²) in [5, 5.41) is 1.05. The summed E-state index contributed by atoms with van der Waals surface area (Å²) in [6.45, 7) is 2.94. The Morgan fingerprint density at radius 1 is 1.10 bits per heavy atom. The molecule has 0 radical (unpaired) electrons. The quantitative estimate of drug-likeness (QED) is 0.832. The summed E-state index contributed by atoms with van der Waals surface area (Å²) >= 11 is 12.0. The van der Waals surface area contributed by atoms with E-state index in [0.717, 1.165) is 18.7 Å². The van der Waals surface area contributed by atoms with Gasteiger partial charge in [0, 0.05) is 43.0 Å². The van der Waals surface area contributed by atoms with Crippen LogP contribution >= 0.6 is 23.2 Å². The zero-order valence-electron chi connectivity index (χ0n) is 11.1. The lowest BCUT2D eigenvalue weighted by Gasteiger charge is -2.22. The van der Waals surface area contributed by atoms with Crippen molar-refractivity contribution in [3.8, 4) is 0 Å². The Kier molecular flexibility index (Phi) is 5.80. The Balaban J connectivity index is 2.09. The second-order valence-corrected chi connectivity index (χ2v) is 5.38. The molecular formula is C15H17Cl2N3. The Bertz CT molecular complexity index is 546. The normalized spacial score (nSPS) is 11.0. The van der Waals surface area contributed by atoms with Gasteiger partial charge in [0.05, 0.1) is 0 Å². The van der Waals surface area contributed by atoms with Crippen LogP contribution < -0.4 is 5.73 Å². The molecule has 1 heterocycles. The van der Waals surface area contributed by atoms with Gasteiger partial charge in [0.25, 0.3) is 0 Å². The van der Waals surface area contributed by atoms with E-state index < -0.39 is 0 Å². The molecule has 5 heteroatoms. The fourth-order valence-corrected chi connectivity index (χ4v) is 2.46. The van der Waals surface area contributed by atoms with Gasteiger partial charge in [-0.1, -0.05) is 53.5 Å². The molecule has 0 saturated carbocycles. The van der Waals surface area contributed by atoms with Gasteiger partial charge in [-0.25, -0.2) is 4.98 Å². The van der Waals surface area contributed by atoms with E-state index in [9.17, 15) is 0 Å². The van der Waals surface area contributed by atoms with E-state index in [2.05, 4.69) is 22.0 Å². The van der Waals surface area contributed by atoms with Crippen LogP contribution in [0.15, 0.2) is 42.6 Å². The minimum Gasteiger partial charge on any atom is -0.329 e. The van der Waals surface area contributed by atoms with Crippen LogP contribution in [-0.2, 0) is 13.1 Å². The topological polar surface area (TPSA) is 42.1 Å². The molecule has 0 amide bonds. The van der Waals surface area contributed by atoms with Gasteiger partial charge < -0.3 is 5.73 Å². The molecule has 0 aliphatic rings. The van der Waals surface area contributed by atoms with Gasteiger partial charge in [0.15, 0.2) is 0 Å². The zero-order valence-corrected chi connectivity index (χ0v) is 12.6. The van der Waals surface area contributed by atoms with Crippen molar-refractivity contribution in [3.63, 3.8) is 0 Å². The van der Waals surface area contributed by atoms with Crippen LogP contribution in [0.25, 0.3) is 0 Å². The van der Waals surface area contributed by atoms with E-state index in [1.54, 1.807) is 12.3 Å². The summed E-state index contributed by atoms with van der Waals surface area (Å²) in [7, 11) is 0. The molecule has 2 N–H and O–H groups in total. The Hall–Kier alpha value is -1.13. The number of nitrogens with two attached hydrogens (primary N) is 1. The third-order valence-electron chi connectivity index (χ3n) is 2.98. The Morgan fingerprint density at radius 2 is 1.85 bits per heavy atom. The molecule has 0 atom stereocenters. The van der Waals surface area contributed by atoms with Crippen LogP contribution in [0.5, 0.6) is 0 Å². The van der Waals surface area contributed by atoms with Gasteiger partial charge in [-0.15, -0.1) is 0 Å². The van der Waals surface area contributed by atoms with Crippen LogP contribution in [0.1, 0.15) is 11.1 Å². The maximum absolute atomic E-state index is 6.19. The molecule has 2 aromatic rings. The molecule has 0 spiro atoms. The van der Waals surface area contributed by atoms with Gasteiger partial charge in [0.2, 0.25) is 0 Å². The van der Waals surface area contributed by atoms with Crippen molar-refractivity contribution < 1.29 is 0 Å². The number of aromatic nitrogens is 1. The number of rotatable bonds is 6. The van der Waals surface area contributed by atoms with Crippen molar-refractivity contribution in [2.75, 3.05) is 13.1 Å². The summed E-state index contributed by atoms with van der Waals surface area (Å²) in [5.74, 6) is 0. The van der Waals surface area contributed by atoms with Crippen molar-refractivity contribution in [2.45, 2.75) is 13.1 Å². The molecule has 1 aromatic heterocycles. The molecule has 0 saturated heterocycles. The molecule has 3 nitrogen and oxygen atoms in total. The van der Waals surface area contributed by atoms with Gasteiger partial charge in [-0.3, -0.25) is 4.90 Å². The number of halogens is 2. The lowest BCUT2D eigenvalue weighted by molar-refractivity contribution is 0.264. The first-order chi connectivity index (χ1) is 9.69. The molecular weight excluding hydrogens is 293 g/mol. The summed E-state index contributed by atoms with van der Waals surface area (Å²) in [6, 6.07) is 12.0. The average molecular weight is 310 g/mol. The van der Waals surface area contributed by atoms with Crippen molar-refractivity contribution >= 4 is 23.2 Å². The number of benzene rings is 1. The SMILES string of the molecule is NCCN(Cc1ccccc1)Cc1cnc(Cl)cc1Cl. The minimum absolute atomic E-state index is 0.409. The molecule has 0 aliphatic heterocycles. The van der Waals surface area contributed by atoms with Crippen molar-refractivity contribution in [1.82, 2.24) is 9.88 Å². The largest absolute Gasteiger partial charge is 0.329 e. The first-order valence-corrected chi connectivity index (χ1v) is 7.21. The van der Waals surface area contributed by atoms with Gasteiger partial charge in [-0.2, -0.15) is 0 Å². The lowest BCUT2D eigenvalue weighted by Crippen LogP contribution is -2.28. The Labute approximate surface area is 129 Å². The third kappa shape index (κ3) is 4.46. The maximum Gasteiger partial charge on any atom is 0.130 e. The number of hydrogen-bond donors (Lipinski definition) is 1. The summed E-state index contributed by atoms with van der Waals surface area (Å²) in [5.41, 5.74) is 7.90. The third-order valence-corrected chi connectivity index (χ3v) is 3.54. The van der Waals surface area contributed by atoms with Gasteiger partial charge in [-0.05, 0) is 11.6 Å². The number of nitrogens with zero attached hydrogens (tertiary/aromatic N) is 2. The van der Waals surface area contributed by atoms with Crippen LogP contribution in [-0.4, -0.2) is 23.0 Å². The average Bonchev–Trinajstić information content (AvgIpc) is 2.43. The first-order valence-electron chi connectivity index (χ1n) is 6.45. The smallest absolute Gasteiger partial charge is 0.130 e. The van der Waals surface area contributed by atoms with Crippen molar-refractivity contribution in [3.05, 3.63) is 63.9 Å². The lowest BCUT2D eigenvalue weighted by atomic mass is 10.2. The van der Waals surface area contributed by atoms with Crippen molar-refractivity contribution in [2.24, 2.45) is 5.73 Å². The molecule has 0 aliphatic carbocycles. The van der Waals surface area contributed by atoms with Crippen LogP contribution in [0, 0.1) is 0 Å². The predicted octanol–water partition coefficient (Wildman–Crippen LogP) is 3.35. The molecule has 0 fully saturated rings. The molecule has 20 heavy (non-hydrogen) atoms. The van der Waals surface area contributed by atoms with Crippen LogP contribution in [0.4, 0.5) is 0 Å². The summed E-state index contributed by atoms with van der Waals surface area (Å²) < 4.78 is 0. The van der Waals surface area contributed by atoms with E-state index in [0.29, 0.717) is 23.3 Å². The zero-order chi connectivity index (χ0) is 14.4. The van der Waals surface area contributed by atoms with Crippen molar-refractivity contribution in [1.29, 1.82) is 0 Å². The second-order valence-electron chi connectivity index (χ2n) is 4.58. The number of pyridine rings is 1. The maximum atomic E-state index is 6.19. The minimum atomic E-state index is 0.409. The molecule has 1 aromatic carbocycles. The van der Waals surface area contributed by atoms with E-state index >= 15 is 0 Å². The van der Waals surface area contributed by atoms with Gasteiger partial charge in [0.1, 0.15) is 5.15 Å². The highest BCUT2D eigenvalue weighted by Crippen LogP contribution is 2.20. The highest BCUT2D eigenvalue weighted by Gasteiger charge is 2.09. The monoisotopic (exact) mass is 309 g/mol. The van der Waals surface area contributed by atoms with Crippen LogP contribution in [0.3, 0.4) is 0 Å². The predicted molar refractivity (Wildman–Crippen MR) is 83.9 cm³/mol. The van der Waals surface area contributed by atoms with E-state index in [4.69, 9.17) is 28.9 Å². The first kappa shape index (κ1) is 15.3. The highest BCUT2D eigenvalue weighted by molar-refractivity contribution is 6.34. The number of hydrogen-bond acceptors (Lipinski definition) is 3. The fourth-order valence-electron chi connectivity index (χ4n) is 2.03. The van der Waals surface area contributed by atoms with Gasteiger partial charge >= 0.3 is 0 Å². The van der Waals surface area contributed by atoms with E-state index in [1.807, 2.05) is 18.2 Å². The van der Waals surface area contributed by atoms with E-state index in [1.165, 1.54) is 5.56 Å². The fraction of sp³-hybridized carbons (Fsp3) is 0.267. The molecule has 0 bridgehead atoms.